The lowest BCUT2D eigenvalue weighted by atomic mass is 10.1. The summed E-state index contributed by atoms with van der Waals surface area (Å²) in [5.41, 5.74) is 0.535. The lowest BCUT2D eigenvalue weighted by molar-refractivity contribution is 0.0693. The van der Waals surface area contributed by atoms with Gasteiger partial charge in [0, 0.05) is 11.3 Å². The molecule has 2 aromatic carbocycles. The molecule has 3 aromatic rings. The van der Waals surface area contributed by atoms with Crippen molar-refractivity contribution in [3.63, 3.8) is 0 Å². The maximum absolute atomic E-state index is 12.3. The van der Waals surface area contributed by atoms with Crippen LogP contribution in [0.5, 0.6) is 5.75 Å². The van der Waals surface area contributed by atoms with Crippen LogP contribution in [-0.2, 0) is 0 Å². The fourth-order valence-corrected chi connectivity index (χ4v) is 2.54. The molecule has 0 unspecified atom stereocenters. The molecule has 0 atom stereocenters. The van der Waals surface area contributed by atoms with E-state index in [0.29, 0.717) is 21.4 Å². The zero-order valence-electron chi connectivity index (χ0n) is 13.0. The molecule has 0 aliphatic heterocycles. The molecule has 0 fully saturated rings. The Hall–Kier alpha value is -2.96. The van der Waals surface area contributed by atoms with E-state index in [1.807, 2.05) is 0 Å². The van der Waals surface area contributed by atoms with Crippen LogP contribution < -0.4 is 5.32 Å². The highest BCUT2D eigenvalue weighted by molar-refractivity contribution is 6.42. The second-order valence-corrected chi connectivity index (χ2v) is 6.10. The third kappa shape index (κ3) is 3.66. The number of hydrogen-bond donors (Lipinski definition) is 3. The standard InChI is InChI=1S/C18H11Cl2NO5/c19-12-3-1-9(7-13(12)20)15-5-6-16(26-15)17(23)21-10-2-4-14(22)11(8-10)18(24)25/h1-8,22H,(H,21,23)(H,24,25). The van der Waals surface area contributed by atoms with Crippen LogP contribution in [0.1, 0.15) is 20.9 Å². The Labute approximate surface area is 157 Å². The number of hydrogen-bond acceptors (Lipinski definition) is 4. The predicted octanol–water partition coefficient (Wildman–Crippen LogP) is 4.91. The summed E-state index contributed by atoms with van der Waals surface area (Å²) in [6.45, 7) is 0. The molecule has 26 heavy (non-hydrogen) atoms. The molecule has 3 N–H and O–H groups in total. The second-order valence-electron chi connectivity index (χ2n) is 5.28. The van der Waals surface area contributed by atoms with Gasteiger partial charge >= 0.3 is 5.97 Å². The summed E-state index contributed by atoms with van der Waals surface area (Å²) >= 11 is 11.8. The molecule has 3 rings (SSSR count). The first-order chi connectivity index (χ1) is 12.3. The highest BCUT2D eigenvalue weighted by atomic mass is 35.5. The summed E-state index contributed by atoms with van der Waals surface area (Å²) in [7, 11) is 0. The third-order valence-corrected chi connectivity index (χ3v) is 4.26. The Balaban J connectivity index is 1.81. The summed E-state index contributed by atoms with van der Waals surface area (Å²) < 4.78 is 5.52. The van der Waals surface area contributed by atoms with Crippen LogP contribution in [0, 0.1) is 0 Å². The highest BCUT2D eigenvalue weighted by Crippen LogP contribution is 2.30. The number of benzene rings is 2. The average molecular weight is 392 g/mol. The Morgan fingerprint density at radius 1 is 0.962 bits per heavy atom. The number of phenols is 1. The monoisotopic (exact) mass is 391 g/mol. The molecular weight excluding hydrogens is 381 g/mol. The second kappa shape index (κ2) is 7.11. The Kier molecular flexibility index (Phi) is 4.88. The van der Waals surface area contributed by atoms with Crippen LogP contribution >= 0.6 is 23.2 Å². The Morgan fingerprint density at radius 3 is 2.42 bits per heavy atom. The summed E-state index contributed by atoms with van der Waals surface area (Å²) in [6, 6.07) is 11.7. The van der Waals surface area contributed by atoms with Crippen molar-refractivity contribution in [2.24, 2.45) is 0 Å². The number of anilines is 1. The number of carbonyl (C=O) groups is 2. The van der Waals surface area contributed by atoms with E-state index in [1.165, 1.54) is 18.2 Å². The zero-order chi connectivity index (χ0) is 18.8. The number of carbonyl (C=O) groups excluding carboxylic acids is 1. The smallest absolute Gasteiger partial charge is 0.339 e. The van der Waals surface area contributed by atoms with Crippen molar-refractivity contribution >= 4 is 40.8 Å². The summed E-state index contributed by atoms with van der Waals surface area (Å²) in [5, 5.41) is 21.8. The molecule has 0 saturated carbocycles. The summed E-state index contributed by atoms with van der Waals surface area (Å²) in [6.07, 6.45) is 0. The summed E-state index contributed by atoms with van der Waals surface area (Å²) in [5.74, 6) is -1.83. The molecule has 0 spiro atoms. The van der Waals surface area contributed by atoms with Gasteiger partial charge in [-0.2, -0.15) is 0 Å². The largest absolute Gasteiger partial charge is 0.507 e. The van der Waals surface area contributed by atoms with Crippen molar-refractivity contribution in [2.45, 2.75) is 0 Å². The van der Waals surface area contributed by atoms with Gasteiger partial charge in [-0.15, -0.1) is 0 Å². The van der Waals surface area contributed by atoms with Crippen molar-refractivity contribution in [1.82, 2.24) is 0 Å². The van der Waals surface area contributed by atoms with Gasteiger partial charge in [-0.3, -0.25) is 4.79 Å². The number of aromatic carboxylic acids is 1. The van der Waals surface area contributed by atoms with Crippen LogP contribution in [0.4, 0.5) is 5.69 Å². The molecule has 1 amide bonds. The third-order valence-electron chi connectivity index (χ3n) is 3.52. The fourth-order valence-electron chi connectivity index (χ4n) is 2.24. The van der Waals surface area contributed by atoms with Gasteiger partial charge in [-0.25, -0.2) is 4.79 Å². The van der Waals surface area contributed by atoms with E-state index >= 15 is 0 Å². The number of carboxylic acids is 1. The van der Waals surface area contributed by atoms with E-state index in [2.05, 4.69) is 5.32 Å². The number of furan rings is 1. The van der Waals surface area contributed by atoms with E-state index < -0.39 is 17.6 Å². The van der Waals surface area contributed by atoms with Gasteiger partial charge in [0.05, 0.1) is 10.0 Å². The van der Waals surface area contributed by atoms with Gasteiger partial charge in [-0.05, 0) is 48.5 Å². The normalized spacial score (nSPS) is 10.5. The SMILES string of the molecule is O=C(Nc1ccc(O)c(C(=O)O)c1)c1ccc(-c2ccc(Cl)c(Cl)c2)o1. The minimum Gasteiger partial charge on any atom is -0.507 e. The molecule has 132 valence electrons. The number of nitrogens with one attached hydrogen (secondary N) is 1. The molecule has 0 aliphatic rings. The number of amides is 1. The van der Waals surface area contributed by atoms with Crippen molar-refractivity contribution in [2.75, 3.05) is 5.32 Å². The van der Waals surface area contributed by atoms with Crippen LogP contribution in [0.25, 0.3) is 11.3 Å². The fraction of sp³-hybridized carbons (Fsp3) is 0. The van der Waals surface area contributed by atoms with E-state index in [0.717, 1.165) is 6.07 Å². The zero-order valence-corrected chi connectivity index (χ0v) is 14.5. The lowest BCUT2D eigenvalue weighted by Crippen LogP contribution is -2.11. The van der Waals surface area contributed by atoms with Gasteiger partial charge in [0.2, 0.25) is 0 Å². The van der Waals surface area contributed by atoms with Gasteiger partial charge in [0.15, 0.2) is 5.76 Å². The lowest BCUT2D eigenvalue weighted by Gasteiger charge is -2.06. The molecule has 1 heterocycles. The van der Waals surface area contributed by atoms with Crippen LogP contribution in [0.2, 0.25) is 10.0 Å². The van der Waals surface area contributed by atoms with Gasteiger partial charge < -0.3 is 19.9 Å². The summed E-state index contributed by atoms with van der Waals surface area (Å²) in [4.78, 5) is 23.3. The topological polar surface area (TPSA) is 99.8 Å². The number of rotatable bonds is 4. The average Bonchev–Trinajstić information content (AvgIpc) is 3.09. The Bertz CT molecular complexity index is 1010. The van der Waals surface area contributed by atoms with Gasteiger partial charge in [0.1, 0.15) is 17.1 Å². The van der Waals surface area contributed by atoms with Crippen molar-refractivity contribution < 1.29 is 24.2 Å². The number of aromatic hydroxyl groups is 1. The maximum atomic E-state index is 12.3. The molecule has 0 aliphatic carbocycles. The van der Waals surface area contributed by atoms with Gasteiger partial charge in [0.25, 0.3) is 5.91 Å². The molecule has 1 aromatic heterocycles. The van der Waals surface area contributed by atoms with Crippen LogP contribution in [0.3, 0.4) is 0 Å². The number of carboxylic acid groups (broad SMARTS) is 1. The first-order valence-corrected chi connectivity index (χ1v) is 8.03. The number of halogens is 2. The minimum atomic E-state index is -1.31. The molecule has 0 bridgehead atoms. The van der Waals surface area contributed by atoms with E-state index in [1.54, 1.807) is 24.3 Å². The van der Waals surface area contributed by atoms with E-state index in [9.17, 15) is 14.7 Å². The molecule has 0 saturated heterocycles. The molecular formula is C18H11Cl2NO5. The molecule has 6 nitrogen and oxygen atoms in total. The van der Waals surface area contributed by atoms with Crippen molar-refractivity contribution in [1.29, 1.82) is 0 Å². The van der Waals surface area contributed by atoms with Crippen LogP contribution in [0.15, 0.2) is 52.9 Å². The van der Waals surface area contributed by atoms with Crippen molar-refractivity contribution in [3.8, 4) is 17.1 Å². The van der Waals surface area contributed by atoms with Crippen molar-refractivity contribution in [3.05, 3.63) is 69.9 Å². The van der Waals surface area contributed by atoms with Crippen LogP contribution in [-0.4, -0.2) is 22.1 Å². The predicted molar refractivity (Wildman–Crippen MR) is 97.2 cm³/mol. The first-order valence-electron chi connectivity index (χ1n) is 7.28. The first kappa shape index (κ1) is 17.8. The Morgan fingerprint density at radius 2 is 1.73 bits per heavy atom. The quantitative estimate of drug-likeness (QED) is 0.548. The highest BCUT2D eigenvalue weighted by Gasteiger charge is 2.15. The van der Waals surface area contributed by atoms with E-state index in [4.69, 9.17) is 32.7 Å². The molecule has 0 radical (unpaired) electrons. The minimum absolute atomic E-state index is 0.0241. The molecule has 8 heteroatoms. The van der Waals surface area contributed by atoms with Gasteiger partial charge in [-0.1, -0.05) is 23.2 Å². The van der Waals surface area contributed by atoms with E-state index in [-0.39, 0.29) is 17.0 Å². The maximum Gasteiger partial charge on any atom is 0.339 e.